The first kappa shape index (κ1) is 14.5. The first-order valence-corrected chi connectivity index (χ1v) is 7.15. The largest absolute Gasteiger partial charge is 0.391 e. The highest BCUT2D eigenvalue weighted by Gasteiger charge is 2.14. The summed E-state index contributed by atoms with van der Waals surface area (Å²) in [6.07, 6.45) is 1.27. The molecule has 2 atom stereocenters. The van der Waals surface area contributed by atoms with Gasteiger partial charge in [0, 0.05) is 11.8 Å². The molecule has 0 saturated carbocycles. The summed E-state index contributed by atoms with van der Waals surface area (Å²) in [6, 6.07) is 9.84. The lowest BCUT2D eigenvalue weighted by atomic mass is 10.0. The number of hydrogen-bond donors (Lipinski definition) is 3. The molecule has 0 amide bonds. The number of thioether (sulfide) groups is 1. The van der Waals surface area contributed by atoms with Crippen molar-refractivity contribution < 1.29 is 5.11 Å². The van der Waals surface area contributed by atoms with Crippen LogP contribution in [-0.4, -0.2) is 35.3 Å². The van der Waals surface area contributed by atoms with Crippen LogP contribution in [0.5, 0.6) is 0 Å². The van der Waals surface area contributed by atoms with Crippen LogP contribution in [0.15, 0.2) is 30.3 Å². The number of hydrogen-bond acceptors (Lipinski definition) is 4. The van der Waals surface area contributed by atoms with E-state index in [0.717, 1.165) is 18.6 Å². The van der Waals surface area contributed by atoms with Crippen molar-refractivity contribution >= 4 is 11.8 Å². The third kappa shape index (κ3) is 6.07. The van der Waals surface area contributed by atoms with Crippen molar-refractivity contribution in [2.24, 2.45) is 11.5 Å². The van der Waals surface area contributed by atoms with Crippen molar-refractivity contribution in [1.82, 2.24) is 0 Å². The predicted molar refractivity (Wildman–Crippen MR) is 75.1 cm³/mol. The molecule has 3 nitrogen and oxygen atoms in total. The molecule has 0 aliphatic heterocycles. The van der Waals surface area contributed by atoms with Crippen molar-refractivity contribution in [2.45, 2.75) is 25.0 Å². The maximum absolute atomic E-state index is 9.90. The maximum Gasteiger partial charge on any atom is 0.0784 e. The number of nitrogens with two attached hydrogens (primary N) is 2. The maximum atomic E-state index is 9.90. The first-order chi connectivity index (χ1) is 8.24. The van der Waals surface area contributed by atoms with E-state index in [1.54, 1.807) is 11.8 Å². The summed E-state index contributed by atoms with van der Waals surface area (Å²) in [5, 5.41) is 9.90. The van der Waals surface area contributed by atoms with E-state index in [1.807, 2.05) is 30.3 Å². The van der Waals surface area contributed by atoms with Gasteiger partial charge in [0.2, 0.25) is 0 Å². The Kier molecular flexibility index (Phi) is 7.28. The Bertz CT molecular complexity index is 295. The van der Waals surface area contributed by atoms with Gasteiger partial charge in [-0.2, -0.15) is 11.8 Å². The van der Waals surface area contributed by atoms with E-state index < -0.39 is 6.10 Å². The van der Waals surface area contributed by atoms with Crippen molar-refractivity contribution in [3.63, 3.8) is 0 Å². The van der Waals surface area contributed by atoms with Crippen LogP contribution in [0.2, 0.25) is 0 Å². The van der Waals surface area contributed by atoms with Crippen LogP contribution in [0.1, 0.15) is 12.0 Å². The van der Waals surface area contributed by atoms with E-state index in [4.69, 9.17) is 11.5 Å². The molecule has 0 radical (unpaired) electrons. The van der Waals surface area contributed by atoms with Crippen LogP contribution in [0.25, 0.3) is 0 Å². The molecule has 0 aliphatic carbocycles. The summed E-state index contributed by atoms with van der Waals surface area (Å²) in [7, 11) is 0. The Morgan fingerprint density at radius 1 is 1.24 bits per heavy atom. The summed E-state index contributed by atoms with van der Waals surface area (Å²) < 4.78 is 0. The lowest BCUT2D eigenvalue weighted by molar-refractivity contribution is 0.167. The van der Waals surface area contributed by atoms with Crippen molar-refractivity contribution in [2.75, 3.05) is 18.1 Å². The van der Waals surface area contributed by atoms with Crippen LogP contribution in [0.3, 0.4) is 0 Å². The standard InChI is InChI=1S/C13H22N2OS/c14-7-4-8-17-10-13(16)12(15)9-11-5-2-1-3-6-11/h1-3,5-6,12-13,16H,4,7-10,14-15H2. The fourth-order valence-electron chi connectivity index (χ4n) is 1.54. The van der Waals surface area contributed by atoms with Crippen LogP contribution >= 0.6 is 11.8 Å². The molecule has 1 aromatic rings. The minimum Gasteiger partial charge on any atom is -0.391 e. The molecule has 0 saturated heterocycles. The second-order valence-electron chi connectivity index (χ2n) is 4.14. The molecule has 96 valence electrons. The van der Waals surface area contributed by atoms with Crippen LogP contribution in [0.4, 0.5) is 0 Å². The van der Waals surface area contributed by atoms with Crippen LogP contribution in [0, 0.1) is 0 Å². The summed E-state index contributed by atoms with van der Waals surface area (Å²) in [4.78, 5) is 0. The average Bonchev–Trinajstić information content (AvgIpc) is 2.35. The van der Waals surface area contributed by atoms with Gasteiger partial charge in [0.05, 0.1) is 6.10 Å². The normalized spacial score (nSPS) is 14.5. The van der Waals surface area contributed by atoms with Gasteiger partial charge in [-0.05, 0) is 30.7 Å². The van der Waals surface area contributed by atoms with Crippen LogP contribution < -0.4 is 11.5 Å². The topological polar surface area (TPSA) is 72.3 Å². The molecule has 17 heavy (non-hydrogen) atoms. The predicted octanol–water partition coefficient (Wildman–Crippen LogP) is 0.999. The number of aliphatic hydroxyl groups is 1. The van der Waals surface area contributed by atoms with Crippen molar-refractivity contribution in [3.05, 3.63) is 35.9 Å². The van der Waals surface area contributed by atoms with E-state index >= 15 is 0 Å². The zero-order chi connectivity index (χ0) is 12.5. The monoisotopic (exact) mass is 254 g/mol. The molecule has 5 N–H and O–H groups in total. The fraction of sp³-hybridized carbons (Fsp3) is 0.538. The lowest BCUT2D eigenvalue weighted by Gasteiger charge is -2.18. The van der Waals surface area contributed by atoms with Gasteiger partial charge in [0.25, 0.3) is 0 Å². The molecule has 2 unspecified atom stereocenters. The molecule has 0 bridgehead atoms. The Morgan fingerprint density at radius 2 is 1.94 bits per heavy atom. The molecular formula is C13H22N2OS. The van der Waals surface area contributed by atoms with Gasteiger partial charge < -0.3 is 16.6 Å². The third-order valence-corrected chi connectivity index (χ3v) is 3.74. The fourth-order valence-corrected chi connectivity index (χ4v) is 2.56. The van der Waals surface area contributed by atoms with Gasteiger partial charge in [-0.1, -0.05) is 30.3 Å². The molecule has 0 aliphatic rings. The molecule has 0 heterocycles. The minimum absolute atomic E-state index is 0.192. The Labute approximate surface area is 108 Å². The smallest absolute Gasteiger partial charge is 0.0784 e. The zero-order valence-corrected chi connectivity index (χ0v) is 10.9. The SMILES string of the molecule is NCCCSCC(O)C(N)Cc1ccccc1. The molecular weight excluding hydrogens is 232 g/mol. The molecule has 1 aromatic carbocycles. The Balaban J connectivity index is 2.24. The Morgan fingerprint density at radius 3 is 2.59 bits per heavy atom. The van der Waals surface area contributed by atoms with Gasteiger partial charge in [-0.25, -0.2) is 0 Å². The Hall–Kier alpha value is -0.550. The molecule has 0 aromatic heterocycles. The zero-order valence-electron chi connectivity index (χ0n) is 10.1. The lowest BCUT2D eigenvalue weighted by Crippen LogP contribution is -2.38. The van der Waals surface area contributed by atoms with Crippen molar-refractivity contribution in [1.29, 1.82) is 0 Å². The number of rotatable bonds is 8. The molecule has 1 rings (SSSR count). The molecule has 0 spiro atoms. The van der Waals surface area contributed by atoms with Gasteiger partial charge in [0.15, 0.2) is 0 Å². The van der Waals surface area contributed by atoms with Crippen LogP contribution in [-0.2, 0) is 6.42 Å². The highest BCUT2D eigenvalue weighted by Crippen LogP contribution is 2.10. The highest BCUT2D eigenvalue weighted by molar-refractivity contribution is 7.99. The van der Waals surface area contributed by atoms with E-state index in [2.05, 4.69) is 0 Å². The highest BCUT2D eigenvalue weighted by atomic mass is 32.2. The minimum atomic E-state index is -0.446. The van der Waals surface area contributed by atoms with Gasteiger partial charge in [-0.3, -0.25) is 0 Å². The van der Waals surface area contributed by atoms with E-state index in [0.29, 0.717) is 12.3 Å². The van der Waals surface area contributed by atoms with Gasteiger partial charge in [0.1, 0.15) is 0 Å². The quantitative estimate of drug-likeness (QED) is 0.605. The molecule has 4 heteroatoms. The second-order valence-corrected chi connectivity index (χ2v) is 5.29. The summed E-state index contributed by atoms with van der Waals surface area (Å²) >= 11 is 1.71. The van der Waals surface area contributed by atoms with Gasteiger partial charge in [-0.15, -0.1) is 0 Å². The van der Waals surface area contributed by atoms with Gasteiger partial charge >= 0.3 is 0 Å². The van der Waals surface area contributed by atoms with E-state index in [9.17, 15) is 5.11 Å². The van der Waals surface area contributed by atoms with Crippen molar-refractivity contribution in [3.8, 4) is 0 Å². The van der Waals surface area contributed by atoms with E-state index in [1.165, 1.54) is 5.56 Å². The molecule has 0 fully saturated rings. The van der Waals surface area contributed by atoms with E-state index in [-0.39, 0.29) is 6.04 Å². The summed E-state index contributed by atoms with van der Waals surface area (Å²) in [5.74, 6) is 1.68. The summed E-state index contributed by atoms with van der Waals surface area (Å²) in [5.41, 5.74) is 12.6. The first-order valence-electron chi connectivity index (χ1n) is 5.99. The number of benzene rings is 1. The third-order valence-electron chi connectivity index (χ3n) is 2.59. The average molecular weight is 254 g/mol. The second kappa shape index (κ2) is 8.53. The number of aliphatic hydroxyl groups excluding tert-OH is 1. The summed E-state index contributed by atoms with van der Waals surface area (Å²) in [6.45, 7) is 0.708.